The summed E-state index contributed by atoms with van der Waals surface area (Å²) >= 11 is 3.10. The summed E-state index contributed by atoms with van der Waals surface area (Å²) in [5.41, 5.74) is 1.07. The van der Waals surface area contributed by atoms with Crippen molar-refractivity contribution < 1.29 is 18.3 Å². The Bertz CT molecular complexity index is 942. The number of carbonyl (C=O) groups excluding carboxylic acids is 1. The Labute approximate surface area is 214 Å². The number of hydrogen-bond acceptors (Lipinski definition) is 7. The van der Waals surface area contributed by atoms with Crippen molar-refractivity contribution in [1.82, 2.24) is 20.2 Å². The Morgan fingerprint density at radius 2 is 2.00 bits per heavy atom. The van der Waals surface area contributed by atoms with Crippen LogP contribution >= 0.6 is 22.7 Å². The molecular weight excluding hydrogens is 490 g/mol. The molecule has 1 amide bonds. The van der Waals surface area contributed by atoms with E-state index in [0.29, 0.717) is 17.7 Å². The largest absolute Gasteiger partial charge is 0.470 e. The fourth-order valence-corrected chi connectivity index (χ4v) is 6.63. The Morgan fingerprint density at radius 3 is 2.71 bits per heavy atom. The number of fused-ring (bicyclic) bond motifs is 1. The maximum atomic E-state index is 13.0. The molecule has 0 saturated heterocycles. The van der Waals surface area contributed by atoms with Crippen LogP contribution in [0.3, 0.4) is 0 Å². The van der Waals surface area contributed by atoms with E-state index in [2.05, 4.69) is 20.2 Å². The van der Waals surface area contributed by atoms with Gasteiger partial charge in [-0.05, 0) is 64.8 Å². The van der Waals surface area contributed by atoms with Crippen LogP contribution in [0.5, 0.6) is 5.19 Å². The minimum Gasteiger partial charge on any atom is -0.470 e. The minimum absolute atomic E-state index is 0.000242. The SMILES string of the molecule is Cc1ncc(CC(=O)NC2CCC(CCN3CCc4nc(OCCC(C)(F)F)sc4CC3)CC2)s1. The van der Waals surface area contributed by atoms with Gasteiger partial charge in [-0.15, -0.1) is 11.3 Å². The molecule has 3 heterocycles. The lowest BCUT2D eigenvalue weighted by Gasteiger charge is -2.30. The molecule has 1 fully saturated rings. The van der Waals surface area contributed by atoms with Gasteiger partial charge in [0.1, 0.15) is 0 Å². The average Bonchev–Trinajstić information content (AvgIpc) is 3.33. The molecule has 1 aliphatic heterocycles. The van der Waals surface area contributed by atoms with Gasteiger partial charge in [-0.2, -0.15) is 0 Å². The zero-order chi connectivity index (χ0) is 24.8. The van der Waals surface area contributed by atoms with Gasteiger partial charge < -0.3 is 15.0 Å². The van der Waals surface area contributed by atoms with E-state index >= 15 is 0 Å². The van der Waals surface area contributed by atoms with E-state index in [4.69, 9.17) is 4.74 Å². The van der Waals surface area contributed by atoms with E-state index < -0.39 is 5.92 Å². The second-order valence-electron chi connectivity index (χ2n) is 9.96. The zero-order valence-electron chi connectivity index (χ0n) is 20.7. The fourth-order valence-electron chi connectivity index (χ4n) is 4.87. The maximum absolute atomic E-state index is 13.0. The molecule has 0 atom stereocenters. The highest BCUT2D eigenvalue weighted by Crippen LogP contribution is 2.30. The van der Waals surface area contributed by atoms with Crippen molar-refractivity contribution in [2.75, 3.05) is 26.2 Å². The Morgan fingerprint density at radius 1 is 1.23 bits per heavy atom. The Hall–Kier alpha value is -1.65. The highest BCUT2D eigenvalue weighted by molar-refractivity contribution is 7.13. The molecule has 0 bridgehead atoms. The van der Waals surface area contributed by atoms with Gasteiger partial charge >= 0.3 is 0 Å². The van der Waals surface area contributed by atoms with Crippen LogP contribution in [0, 0.1) is 12.8 Å². The number of carbonyl (C=O) groups is 1. The fraction of sp³-hybridized carbons (Fsp3) is 0.720. The van der Waals surface area contributed by atoms with Gasteiger partial charge in [0.2, 0.25) is 11.8 Å². The molecule has 2 aliphatic rings. The number of ether oxygens (including phenoxy) is 1. The summed E-state index contributed by atoms with van der Waals surface area (Å²) in [5.74, 6) is -1.87. The maximum Gasteiger partial charge on any atom is 0.273 e. The molecule has 0 unspecified atom stereocenters. The van der Waals surface area contributed by atoms with Crippen molar-refractivity contribution >= 4 is 28.6 Å². The summed E-state index contributed by atoms with van der Waals surface area (Å²) in [6, 6.07) is 0.299. The molecule has 1 saturated carbocycles. The molecule has 4 rings (SSSR count). The first-order valence-electron chi connectivity index (χ1n) is 12.7. The third kappa shape index (κ3) is 8.46. The molecule has 0 aromatic carbocycles. The number of aryl methyl sites for hydroxylation is 1. The third-order valence-corrected chi connectivity index (χ3v) is 8.90. The molecular formula is C25H36F2N4O2S2. The number of alkyl halides is 2. The number of nitrogens with zero attached hydrogens (tertiary/aromatic N) is 3. The van der Waals surface area contributed by atoms with E-state index in [9.17, 15) is 13.6 Å². The summed E-state index contributed by atoms with van der Waals surface area (Å²) in [7, 11) is 0. The van der Waals surface area contributed by atoms with E-state index in [-0.39, 0.29) is 18.9 Å². The molecule has 194 valence electrons. The summed E-state index contributed by atoms with van der Waals surface area (Å²) in [4.78, 5) is 25.9. The summed E-state index contributed by atoms with van der Waals surface area (Å²) in [6.07, 6.45) is 9.44. The molecule has 2 aromatic rings. The van der Waals surface area contributed by atoms with Crippen LogP contribution in [-0.4, -0.2) is 59.0 Å². The van der Waals surface area contributed by atoms with Gasteiger partial charge in [0.25, 0.3) is 5.19 Å². The predicted octanol–water partition coefficient (Wildman–Crippen LogP) is 5.04. The van der Waals surface area contributed by atoms with Gasteiger partial charge in [0, 0.05) is 47.9 Å². The summed E-state index contributed by atoms with van der Waals surface area (Å²) < 4.78 is 31.4. The van der Waals surface area contributed by atoms with Crippen LogP contribution in [0.15, 0.2) is 6.20 Å². The molecule has 10 heteroatoms. The molecule has 6 nitrogen and oxygen atoms in total. The zero-order valence-corrected chi connectivity index (χ0v) is 22.3. The van der Waals surface area contributed by atoms with Gasteiger partial charge in [-0.25, -0.2) is 18.7 Å². The number of rotatable bonds is 10. The first kappa shape index (κ1) is 26.4. The van der Waals surface area contributed by atoms with Crippen LogP contribution in [-0.2, 0) is 24.1 Å². The normalized spacial score (nSPS) is 21.4. The summed E-state index contributed by atoms with van der Waals surface area (Å²) in [5, 5.41) is 4.75. The van der Waals surface area contributed by atoms with Crippen molar-refractivity contribution in [2.45, 2.75) is 83.6 Å². The number of amides is 1. The highest BCUT2D eigenvalue weighted by atomic mass is 32.1. The monoisotopic (exact) mass is 526 g/mol. The quantitative estimate of drug-likeness (QED) is 0.470. The van der Waals surface area contributed by atoms with E-state index in [1.807, 2.05) is 6.92 Å². The number of aromatic nitrogens is 2. The standard InChI is InChI=1S/C25H36F2N4O2S2/c1-17-28-16-20(34-17)15-23(32)29-19-5-3-18(4-6-19)7-11-31-12-8-21-22(9-13-31)35-24(30-21)33-14-10-25(2,26)27/h16,18-19H,3-15H2,1-2H3,(H,29,32). The van der Waals surface area contributed by atoms with Crippen molar-refractivity contribution in [2.24, 2.45) is 5.92 Å². The second kappa shape index (κ2) is 12.1. The molecule has 35 heavy (non-hydrogen) atoms. The van der Waals surface area contributed by atoms with E-state index in [1.165, 1.54) is 35.5 Å². The highest BCUT2D eigenvalue weighted by Gasteiger charge is 2.25. The Balaban J connectivity index is 1.12. The van der Waals surface area contributed by atoms with Crippen LogP contribution in [0.1, 0.15) is 65.9 Å². The first-order chi connectivity index (χ1) is 16.7. The van der Waals surface area contributed by atoms with Gasteiger partial charge in [0.05, 0.1) is 23.7 Å². The van der Waals surface area contributed by atoms with Crippen molar-refractivity contribution in [3.05, 3.63) is 26.7 Å². The molecule has 1 N–H and O–H groups in total. The molecule has 2 aromatic heterocycles. The van der Waals surface area contributed by atoms with Crippen molar-refractivity contribution in [3.8, 4) is 5.19 Å². The second-order valence-corrected chi connectivity index (χ2v) is 12.3. The van der Waals surface area contributed by atoms with Crippen LogP contribution in [0.4, 0.5) is 8.78 Å². The van der Waals surface area contributed by atoms with Gasteiger partial charge in [-0.3, -0.25) is 4.79 Å². The first-order valence-corrected chi connectivity index (χ1v) is 14.3. The third-order valence-electron chi connectivity index (χ3n) is 6.91. The van der Waals surface area contributed by atoms with E-state index in [0.717, 1.165) is 73.7 Å². The number of nitrogens with one attached hydrogen (secondary N) is 1. The van der Waals surface area contributed by atoms with Gasteiger partial charge in [-0.1, -0.05) is 11.3 Å². The van der Waals surface area contributed by atoms with Crippen LogP contribution < -0.4 is 10.1 Å². The van der Waals surface area contributed by atoms with Crippen LogP contribution in [0.25, 0.3) is 0 Å². The molecule has 0 radical (unpaired) electrons. The van der Waals surface area contributed by atoms with E-state index in [1.54, 1.807) is 17.5 Å². The van der Waals surface area contributed by atoms with Crippen molar-refractivity contribution in [1.29, 1.82) is 0 Å². The topological polar surface area (TPSA) is 67.4 Å². The Kier molecular flexibility index (Phi) is 9.10. The molecule has 1 aliphatic carbocycles. The predicted molar refractivity (Wildman–Crippen MR) is 136 cm³/mol. The lowest BCUT2D eigenvalue weighted by atomic mass is 9.84. The lowest BCUT2D eigenvalue weighted by Crippen LogP contribution is -2.38. The smallest absolute Gasteiger partial charge is 0.273 e. The number of thiazole rings is 2. The van der Waals surface area contributed by atoms with Gasteiger partial charge in [0.15, 0.2) is 0 Å². The van der Waals surface area contributed by atoms with Crippen molar-refractivity contribution in [3.63, 3.8) is 0 Å². The van der Waals surface area contributed by atoms with Crippen LogP contribution in [0.2, 0.25) is 0 Å². The number of halogens is 2. The number of hydrogen-bond donors (Lipinski definition) is 1. The lowest BCUT2D eigenvalue weighted by molar-refractivity contribution is -0.121. The molecule has 0 spiro atoms. The summed E-state index contributed by atoms with van der Waals surface area (Å²) in [6.45, 7) is 5.95. The average molecular weight is 527 g/mol. The minimum atomic E-state index is -2.70.